The minimum atomic E-state index is 0.00567. The van der Waals surface area contributed by atoms with Gasteiger partial charge in [-0.2, -0.15) is 0 Å². The lowest BCUT2D eigenvalue weighted by molar-refractivity contribution is -0.0141. The average Bonchev–Trinajstić information content (AvgIpc) is 2.44. The molecule has 5 fully saturated rings. The minimum absolute atomic E-state index is 0.00567. The van der Waals surface area contributed by atoms with Gasteiger partial charge in [0.2, 0.25) is 0 Å². The number of morpholine rings is 1. The van der Waals surface area contributed by atoms with Crippen molar-refractivity contribution in [3.05, 3.63) is 0 Å². The first-order valence-corrected chi connectivity index (χ1v) is 8.59. The van der Waals surface area contributed by atoms with Crippen molar-refractivity contribution in [3.63, 3.8) is 0 Å². The molecule has 1 atom stereocenters. The second kappa shape index (κ2) is 5.43. The van der Waals surface area contributed by atoms with Crippen LogP contribution >= 0.6 is 0 Å². The van der Waals surface area contributed by atoms with Crippen LogP contribution in [-0.2, 0) is 4.74 Å². The van der Waals surface area contributed by atoms with Gasteiger partial charge in [0.25, 0.3) is 0 Å². The third-order valence-electron chi connectivity index (χ3n) is 5.91. The van der Waals surface area contributed by atoms with E-state index in [1.807, 2.05) is 0 Å². The molecule has 5 nitrogen and oxygen atoms in total. The zero-order valence-electron chi connectivity index (χ0n) is 12.7. The molecule has 1 saturated heterocycles. The summed E-state index contributed by atoms with van der Waals surface area (Å²) in [6.45, 7) is 3.09. The summed E-state index contributed by atoms with van der Waals surface area (Å²) in [6, 6.07) is 0.00567. The van der Waals surface area contributed by atoms with E-state index >= 15 is 0 Å². The summed E-state index contributed by atoms with van der Waals surface area (Å²) in [5, 5.41) is 9.64. The Balaban J connectivity index is 1.30. The lowest BCUT2D eigenvalue weighted by Crippen LogP contribution is -2.62. The molecule has 0 aromatic heterocycles. The maximum Gasteiger partial charge on any atom is 0.315 e. The summed E-state index contributed by atoms with van der Waals surface area (Å²) in [5.41, 5.74) is 0.102. The van der Waals surface area contributed by atoms with Gasteiger partial charge in [-0.3, -0.25) is 0 Å². The Kier molecular flexibility index (Phi) is 3.58. The molecule has 5 heteroatoms. The van der Waals surface area contributed by atoms with Crippen molar-refractivity contribution >= 4 is 6.03 Å². The van der Waals surface area contributed by atoms with E-state index in [-0.39, 0.29) is 17.7 Å². The topological polar surface area (TPSA) is 62.4 Å². The summed E-state index contributed by atoms with van der Waals surface area (Å²) in [6.07, 6.45) is 7.94. The molecule has 3 N–H and O–H groups in total. The second-order valence-electron chi connectivity index (χ2n) is 7.73. The van der Waals surface area contributed by atoms with Gasteiger partial charge in [-0.25, -0.2) is 4.79 Å². The van der Waals surface area contributed by atoms with Crippen molar-refractivity contribution in [1.29, 1.82) is 0 Å². The first kappa shape index (κ1) is 13.8. The van der Waals surface area contributed by atoms with E-state index in [0.29, 0.717) is 6.54 Å². The van der Waals surface area contributed by atoms with Crippen molar-refractivity contribution in [2.24, 2.45) is 17.8 Å². The maximum atomic E-state index is 12.3. The number of hydrogen-bond donors (Lipinski definition) is 3. The standard InChI is InChI=1S/C16H27N3O2/c20-15(18-10-14-9-17-1-2-21-14)19-16-6-11-3-12(7-16)5-13(4-11)8-16/h11-14,17H,1-10H2,(H2,18,19,20). The molecule has 4 bridgehead atoms. The Hall–Kier alpha value is -0.810. The van der Waals surface area contributed by atoms with E-state index in [2.05, 4.69) is 16.0 Å². The van der Waals surface area contributed by atoms with Gasteiger partial charge < -0.3 is 20.7 Å². The molecule has 4 saturated carbocycles. The molecular formula is C16H27N3O2. The zero-order chi connectivity index (χ0) is 14.3. The number of urea groups is 1. The van der Waals surface area contributed by atoms with Crippen LogP contribution in [0.4, 0.5) is 4.79 Å². The lowest BCUT2D eigenvalue weighted by Gasteiger charge is -2.56. The summed E-state index contributed by atoms with van der Waals surface area (Å²) in [7, 11) is 0. The van der Waals surface area contributed by atoms with E-state index in [9.17, 15) is 4.79 Å². The maximum absolute atomic E-state index is 12.3. The van der Waals surface area contributed by atoms with Crippen molar-refractivity contribution in [3.8, 4) is 0 Å². The number of carbonyl (C=O) groups excluding carboxylic acids is 1. The molecule has 5 rings (SSSR count). The van der Waals surface area contributed by atoms with E-state index in [1.165, 1.54) is 38.5 Å². The Bertz CT molecular complexity index is 371. The van der Waals surface area contributed by atoms with Crippen LogP contribution in [0.3, 0.4) is 0 Å². The highest BCUT2D eigenvalue weighted by Gasteiger charge is 2.51. The molecule has 5 aliphatic rings. The predicted molar refractivity (Wildman–Crippen MR) is 80.0 cm³/mol. The molecule has 0 spiro atoms. The van der Waals surface area contributed by atoms with Gasteiger partial charge in [0.1, 0.15) is 0 Å². The molecule has 0 radical (unpaired) electrons. The van der Waals surface area contributed by atoms with E-state index < -0.39 is 0 Å². The lowest BCUT2D eigenvalue weighted by atomic mass is 9.53. The predicted octanol–water partition coefficient (Wildman–Crippen LogP) is 1.24. The van der Waals surface area contributed by atoms with Crippen LogP contribution in [0, 0.1) is 17.8 Å². The molecule has 0 aromatic carbocycles. The monoisotopic (exact) mass is 293 g/mol. The Morgan fingerprint density at radius 2 is 1.81 bits per heavy atom. The van der Waals surface area contributed by atoms with Crippen molar-refractivity contribution in [2.75, 3.05) is 26.2 Å². The van der Waals surface area contributed by atoms with Crippen LogP contribution in [0.5, 0.6) is 0 Å². The Morgan fingerprint density at radius 1 is 1.14 bits per heavy atom. The van der Waals surface area contributed by atoms with Gasteiger partial charge >= 0.3 is 6.03 Å². The van der Waals surface area contributed by atoms with Gasteiger partial charge in [0.15, 0.2) is 0 Å². The highest BCUT2D eigenvalue weighted by Crippen LogP contribution is 2.55. The molecule has 118 valence electrons. The minimum Gasteiger partial charge on any atom is -0.374 e. The molecular weight excluding hydrogens is 266 g/mol. The third-order valence-corrected chi connectivity index (χ3v) is 5.91. The fourth-order valence-corrected chi connectivity index (χ4v) is 5.51. The fourth-order valence-electron chi connectivity index (χ4n) is 5.51. The molecule has 0 aromatic rings. The number of rotatable bonds is 3. The highest BCUT2D eigenvalue weighted by molar-refractivity contribution is 5.75. The normalized spacial score (nSPS) is 44.6. The fraction of sp³-hybridized carbons (Fsp3) is 0.938. The molecule has 1 unspecified atom stereocenters. The third kappa shape index (κ3) is 2.90. The van der Waals surface area contributed by atoms with E-state index in [4.69, 9.17) is 4.74 Å². The number of nitrogens with one attached hydrogen (secondary N) is 3. The van der Waals surface area contributed by atoms with Crippen LogP contribution in [-0.4, -0.2) is 43.9 Å². The summed E-state index contributed by atoms with van der Waals surface area (Å²) >= 11 is 0. The van der Waals surface area contributed by atoms with Crippen molar-refractivity contribution in [2.45, 2.75) is 50.2 Å². The summed E-state index contributed by atoms with van der Waals surface area (Å²) in [5.74, 6) is 2.59. The quantitative estimate of drug-likeness (QED) is 0.734. The largest absolute Gasteiger partial charge is 0.374 e. The number of amides is 2. The van der Waals surface area contributed by atoms with Gasteiger partial charge in [0, 0.05) is 25.2 Å². The van der Waals surface area contributed by atoms with Gasteiger partial charge in [-0.1, -0.05) is 0 Å². The average molecular weight is 293 g/mol. The van der Waals surface area contributed by atoms with Crippen LogP contribution in [0.1, 0.15) is 38.5 Å². The molecule has 4 aliphatic carbocycles. The van der Waals surface area contributed by atoms with Crippen molar-refractivity contribution < 1.29 is 9.53 Å². The number of ether oxygens (including phenoxy) is 1. The SMILES string of the molecule is O=C(NCC1CNCCO1)NC12CC3CC(CC(C3)C1)C2. The number of hydrogen-bond acceptors (Lipinski definition) is 3. The number of carbonyl (C=O) groups is 1. The van der Waals surface area contributed by atoms with Crippen LogP contribution in [0.25, 0.3) is 0 Å². The second-order valence-corrected chi connectivity index (χ2v) is 7.73. The van der Waals surface area contributed by atoms with Crippen molar-refractivity contribution in [1.82, 2.24) is 16.0 Å². The first-order valence-electron chi connectivity index (χ1n) is 8.59. The summed E-state index contributed by atoms with van der Waals surface area (Å²) < 4.78 is 5.62. The smallest absolute Gasteiger partial charge is 0.315 e. The van der Waals surface area contributed by atoms with E-state index in [0.717, 1.165) is 37.5 Å². The van der Waals surface area contributed by atoms with Gasteiger partial charge in [0.05, 0.1) is 12.7 Å². The van der Waals surface area contributed by atoms with Crippen LogP contribution in [0.15, 0.2) is 0 Å². The van der Waals surface area contributed by atoms with Gasteiger partial charge in [-0.15, -0.1) is 0 Å². The van der Waals surface area contributed by atoms with Crippen LogP contribution < -0.4 is 16.0 Å². The molecule has 21 heavy (non-hydrogen) atoms. The Morgan fingerprint density at radius 3 is 2.38 bits per heavy atom. The van der Waals surface area contributed by atoms with Crippen LogP contribution in [0.2, 0.25) is 0 Å². The molecule has 1 heterocycles. The van der Waals surface area contributed by atoms with Gasteiger partial charge in [-0.05, 0) is 56.3 Å². The van der Waals surface area contributed by atoms with E-state index in [1.54, 1.807) is 0 Å². The first-order chi connectivity index (χ1) is 10.2. The molecule has 2 amide bonds. The Labute approximate surface area is 126 Å². The summed E-state index contributed by atoms with van der Waals surface area (Å²) in [4.78, 5) is 12.3. The zero-order valence-corrected chi connectivity index (χ0v) is 12.7. The highest BCUT2D eigenvalue weighted by atomic mass is 16.5. The molecule has 1 aliphatic heterocycles.